The molecule has 4 heteroatoms. The normalized spacial score (nSPS) is 17.7. The summed E-state index contributed by atoms with van der Waals surface area (Å²) in [4.78, 5) is 17.3. The van der Waals surface area contributed by atoms with Crippen molar-refractivity contribution in [1.82, 2.24) is 4.98 Å². The third-order valence-corrected chi connectivity index (χ3v) is 6.47. The molecule has 24 heavy (non-hydrogen) atoms. The van der Waals surface area contributed by atoms with E-state index >= 15 is 0 Å². The van der Waals surface area contributed by atoms with E-state index < -0.39 is 0 Å². The number of fused-ring (bicyclic) bond motifs is 2. The Balaban J connectivity index is 1.53. The topological polar surface area (TPSA) is 42.0 Å². The second-order valence-corrected chi connectivity index (χ2v) is 8.10. The maximum Gasteiger partial charge on any atom is 0.229 e. The molecule has 2 aliphatic rings. The quantitative estimate of drug-likeness (QED) is 0.710. The van der Waals surface area contributed by atoms with Crippen LogP contribution in [0.25, 0.3) is 21.0 Å². The molecule has 2 aromatic carbocycles. The van der Waals surface area contributed by atoms with Crippen molar-refractivity contribution in [1.29, 1.82) is 0 Å². The second kappa shape index (κ2) is 5.55. The minimum atomic E-state index is 0.158. The van der Waals surface area contributed by atoms with Crippen molar-refractivity contribution in [2.24, 2.45) is 5.92 Å². The first kappa shape index (κ1) is 14.4. The number of nitrogens with one attached hydrogen (secondary N) is 1. The summed E-state index contributed by atoms with van der Waals surface area (Å²) in [6, 6.07) is 8.80. The predicted octanol–water partition coefficient (Wildman–Crippen LogP) is 5.07. The lowest BCUT2D eigenvalue weighted by molar-refractivity contribution is -0.120. The number of aromatic nitrogens is 1. The summed E-state index contributed by atoms with van der Waals surface area (Å²) in [6.07, 6.45) is 7.91. The molecule has 1 fully saturated rings. The van der Waals surface area contributed by atoms with Crippen LogP contribution in [-0.4, -0.2) is 10.9 Å². The number of rotatable bonds is 2. The molecule has 1 heterocycles. The van der Waals surface area contributed by atoms with Crippen LogP contribution in [0.4, 0.5) is 5.13 Å². The van der Waals surface area contributed by atoms with Gasteiger partial charge in [0.25, 0.3) is 0 Å². The van der Waals surface area contributed by atoms with E-state index in [-0.39, 0.29) is 11.8 Å². The zero-order valence-electron chi connectivity index (χ0n) is 13.6. The van der Waals surface area contributed by atoms with Crippen molar-refractivity contribution in [3.63, 3.8) is 0 Å². The average Bonchev–Trinajstić information content (AvgIpc) is 3.21. The van der Waals surface area contributed by atoms with Gasteiger partial charge < -0.3 is 5.32 Å². The highest BCUT2D eigenvalue weighted by Crippen LogP contribution is 2.39. The molecule has 0 unspecified atom stereocenters. The molecule has 5 rings (SSSR count). The summed E-state index contributed by atoms with van der Waals surface area (Å²) in [7, 11) is 0. The van der Waals surface area contributed by atoms with Crippen LogP contribution < -0.4 is 5.32 Å². The molecule has 0 spiro atoms. The summed E-state index contributed by atoms with van der Waals surface area (Å²) in [5.41, 5.74) is 3.91. The van der Waals surface area contributed by atoms with Gasteiger partial charge in [-0.1, -0.05) is 48.8 Å². The molecule has 3 nitrogen and oxygen atoms in total. The van der Waals surface area contributed by atoms with Gasteiger partial charge in [-0.3, -0.25) is 4.79 Å². The summed E-state index contributed by atoms with van der Waals surface area (Å²) in [5, 5.41) is 6.47. The van der Waals surface area contributed by atoms with Crippen molar-refractivity contribution in [2.75, 3.05) is 5.32 Å². The number of hydrogen-bond acceptors (Lipinski definition) is 3. The van der Waals surface area contributed by atoms with E-state index in [0.717, 1.165) is 36.3 Å². The summed E-state index contributed by atoms with van der Waals surface area (Å²) in [5.74, 6) is 0.328. The zero-order chi connectivity index (χ0) is 16.1. The monoisotopic (exact) mass is 336 g/mol. The smallest absolute Gasteiger partial charge is 0.229 e. The molecular weight excluding hydrogens is 316 g/mol. The number of aryl methyl sites for hydroxylation is 2. The Morgan fingerprint density at radius 1 is 1.12 bits per heavy atom. The summed E-state index contributed by atoms with van der Waals surface area (Å²) in [6.45, 7) is 0. The molecular formula is C20H20N2OS. The molecule has 122 valence electrons. The van der Waals surface area contributed by atoms with Gasteiger partial charge in [-0.05, 0) is 48.3 Å². The van der Waals surface area contributed by atoms with Crippen molar-refractivity contribution < 1.29 is 4.79 Å². The summed E-state index contributed by atoms with van der Waals surface area (Å²) < 4.78 is 1.19. The fraction of sp³-hybridized carbons (Fsp3) is 0.400. The van der Waals surface area contributed by atoms with Crippen LogP contribution in [0.2, 0.25) is 0 Å². The van der Waals surface area contributed by atoms with E-state index in [2.05, 4.69) is 29.6 Å². The molecule has 1 aromatic heterocycles. The standard InChI is InChI=1S/C20H20N2OS/c23-19(13-5-2-1-3-6-13)22-20-21-18-15-8-4-7-12-9-10-14(17(12)15)11-16(18)24-20/h4,7-8,11,13H,1-3,5-6,9-10H2,(H,21,22,23). The van der Waals surface area contributed by atoms with Crippen molar-refractivity contribution in [2.45, 2.75) is 44.9 Å². The largest absolute Gasteiger partial charge is 0.302 e. The molecule has 1 N–H and O–H groups in total. The minimum absolute atomic E-state index is 0.158. The number of anilines is 1. The van der Waals surface area contributed by atoms with Gasteiger partial charge in [0.2, 0.25) is 5.91 Å². The maximum absolute atomic E-state index is 12.5. The molecule has 0 bridgehead atoms. The Bertz CT molecular complexity index is 953. The van der Waals surface area contributed by atoms with Crippen LogP contribution in [-0.2, 0) is 17.6 Å². The molecule has 0 saturated heterocycles. The van der Waals surface area contributed by atoms with Crippen LogP contribution >= 0.6 is 11.3 Å². The van der Waals surface area contributed by atoms with Gasteiger partial charge in [-0.25, -0.2) is 4.98 Å². The number of nitrogens with zero attached hydrogens (tertiary/aromatic N) is 1. The van der Waals surface area contributed by atoms with Gasteiger partial charge in [0, 0.05) is 11.3 Å². The van der Waals surface area contributed by atoms with Crippen molar-refractivity contribution in [3.8, 4) is 0 Å². The molecule has 0 radical (unpaired) electrons. The van der Waals surface area contributed by atoms with Crippen LogP contribution in [0, 0.1) is 5.92 Å². The first-order valence-electron chi connectivity index (χ1n) is 8.94. The Labute approximate surface area is 145 Å². The molecule has 0 aliphatic heterocycles. The fourth-order valence-electron chi connectivity index (χ4n) is 4.33. The molecule has 1 amide bonds. The Kier molecular flexibility index (Phi) is 3.33. The van der Waals surface area contributed by atoms with Crippen LogP contribution in [0.3, 0.4) is 0 Å². The number of benzene rings is 2. The van der Waals surface area contributed by atoms with Crippen LogP contribution in [0.1, 0.15) is 43.2 Å². The third-order valence-electron chi connectivity index (χ3n) is 5.56. The molecule has 2 aliphatic carbocycles. The first-order chi connectivity index (χ1) is 11.8. The lowest BCUT2D eigenvalue weighted by Gasteiger charge is -2.19. The van der Waals surface area contributed by atoms with Gasteiger partial charge in [0.15, 0.2) is 5.13 Å². The Hall–Kier alpha value is -1.94. The predicted molar refractivity (Wildman–Crippen MR) is 99.7 cm³/mol. The SMILES string of the molecule is O=C(Nc1nc2c(cc3c4c(cccc42)CC3)s1)C1CCCCC1. The minimum Gasteiger partial charge on any atom is -0.302 e. The molecule has 1 saturated carbocycles. The van der Waals surface area contributed by atoms with Gasteiger partial charge in [-0.15, -0.1) is 0 Å². The van der Waals surface area contributed by atoms with Crippen LogP contribution in [0.15, 0.2) is 24.3 Å². The first-order valence-corrected chi connectivity index (χ1v) is 9.76. The lowest BCUT2D eigenvalue weighted by atomic mass is 9.89. The van der Waals surface area contributed by atoms with Gasteiger partial charge in [0.1, 0.15) is 0 Å². The van der Waals surface area contributed by atoms with E-state index in [4.69, 9.17) is 4.98 Å². The summed E-state index contributed by atoms with van der Waals surface area (Å²) >= 11 is 1.61. The second-order valence-electron chi connectivity index (χ2n) is 7.07. The zero-order valence-corrected chi connectivity index (χ0v) is 14.4. The van der Waals surface area contributed by atoms with Gasteiger partial charge in [-0.2, -0.15) is 0 Å². The highest BCUT2D eigenvalue weighted by Gasteiger charge is 2.23. The van der Waals surface area contributed by atoms with Gasteiger partial charge >= 0.3 is 0 Å². The highest BCUT2D eigenvalue weighted by atomic mass is 32.1. The number of carbonyl (C=O) groups excluding carboxylic acids is 1. The van der Waals surface area contributed by atoms with E-state index in [9.17, 15) is 4.79 Å². The van der Waals surface area contributed by atoms with E-state index in [1.54, 1.807) is 11.3 Å². The van der Waals surface area contributed by atoms with Crippen molar-refractivity contribution >= 4 is 43.4 Å². The van der Waals surface area contributed by atoms with Crippen LogP contribution in [0.5, 0.6) is 0 Å². The third kappa shape index (κ3) is 2.24. The average molecular weight is 336 g/mol. The number of hydrogen-bond donors (Lipinski definition) is 1. The molecule has 3 aromatic rings. The Morgan fingerprint density at radius 2 is 1.96 bits per heavy atom. The number of carbonyl (C=O) groups is 1. The molecule has 0 atom stereocenters. The highest BCUT2D eigenvalue weighted by molar-refractivity contribution is 7.22. The maximum atomic E-state index is 12.5. The lowest BCUT2D eigenvalue weighted by Crippen LogP contribution is -2.24. The Morgan fingerprint density at radius 3 is 2.83 bits per heavy atom. The fourth-order valence-corrected chi connectivity index (χ4v) is 5.28. The number of amides is 1. The van der Waals surface area contributed by atoms with Crippen molar-refractivity contribution in [3.05, 3.63) is 35.4 Å². The van der Waals surface area contributed by atoms with E-state index in [1.807, 2.05) is 0 Å². The van der Waals surface area contributed by atoms with E-state index in [0.29, 0.717) is 0 Å². The van der Waals surface area contributed by atoms with Gasteiger partial charge in [0.05, 0.1) is 10.2 Å². The number of thiazole rings is 1. The van der Waals surface area contributed by atoms with E-state index in [1.165, 1.54) is 45.9 Å².